The number of rotatable bonds is 7. The van der Waals surface area contributed by atoms with Gasteiger partial charge in [-0.15, -0.1) is 0 Å². The molecule has 0 aromatic carbocycles. The lowest BCUT2D eigenvalue weighted by atomic mass is 9.99. The summed E-state index contributed by atoms with van der Waals surface area (Å²) in [7, 11) is 1.54. The average Bonchev–Trinajstić information content (AvgIpc) is 2.24. The molecule has 100 valence electrons. The van der Waals surface area contributed by atoms with Crippen molar-refractivity contribution in [2.24, 2.45) is 5.92 Å². The standard InChI is InChI=1S/C11H22N2O4/c1-5-7(2)9(10(14)15)13-11(16)12-8(3)6-17-4/h7-9H,5-6H2,1-4H3,(H,14,15)(H2,12,13,16). The number of ether oxygens (including phenoxy) is 1. The van der Waals surface area contributed by atoms with E-state index in [0.717, 1.165) is 0 Å². The molecule has 6 nitrogen and oxygen atoms in total. The van der Waals surface area contributed by atoms with Crippen molar-refractivity contribution in [3.8, 4) is 0 Å². The summed E-state index contributed by atoms with van der Waals surface area (Å²) in [5.74, 6) is -1.13. The lowest BCUT2D eigenvalue weighted by Crippen LogP contribution is -2.51. The van der Waals surface area contributed by atoms with E-state index in [1.165, 1.54) is 7.11 Å². The van der Waals surface area contributed by atoms with Crippen molar-refractivity contribution >= 4 is 12.0 Å². The van der Waals surface area contributed by atoms with Crippen molar-refractivity contribution in [2.45, 2.75) is 39.3 Å². The summed E-state index contributed by atoms with van der Waals surface area (Å²) in [5, 5.41) is 14.1. The van der Waals surface area contributed by atoms with Crippen LogP contribution >= 0.6 is 0 Å². The number of urea groups is 1. The molecule has 0 bridgehead atoms. The maximum atomic E-state index is 11.5. The van der Waals surface area contributed by atoms with Gasteiger partial charge in [0.25, 0.3) is 0 Å². The monoisotopic (exact) mass is 246 g/mol. The molecule has 0 spiro atoms. The molecule has 0 radical (unpaired) electrons. The van der Waals surface area contributed by atoms with E-state index >= 15 is 0 Å². The van der Waals surface area contributed by atoms with Gasteiger partial charge in [0, 0.05) is 7.11 Å². The fourth-order valence-electron chi connectivity index (χ4n) is 1.38. The summed E-state index contributed by atoms with van der Waals surface area (Å²) >= 11 is 0. The largest absolute Gasteiger partial charge is 0.480 e. The topological polar surface area (TPSA) is 87.7 Å². The fraction of sp³-hybridized carbons (Fsp3) is 0.818. The highest BCUT2D eigenvalue weighted by molar-refractivity contribution is 5.82. The molecule has 17 heavy (non-hydrogen) atoms. The van der Waals surface area contributed by atoms with E-state index in [-0.39, 0.29) is 12.0 Å². The molecular formula is C11H22N2O4. The van der Waals surface area contributed by atoms with Gasteiger partial charge in [0.1, 0.15) is 6.04 Å². The molecule has 0 aliphatic carbocycles. The fourth-order valence-corrected chi connectivity index (χ4v) is 1.38. The average molecular weight is 246 g/mol. The summed E-state index contributed by atoms with van der Waals surface area (Å²) in [6.07, 6.45) is 0.685. The van der Waals surface area contributed by atoms with Crippen molar-refractivity contribution in [2.75, 3.05) is 13.7 Å². The number of carboxylic acids is 1. The highest BCUT2D eigenvalue weighted by atomic mass is 16.5. The molecule has 0 heterocycles. The second-order valence-electron chi connectivity index (χ2n) is 4.18. The van der Waals surface area contributed by atoms with Gasteiger partial charge < -0.3 is 20.5 Å². The lowest BCUT2D eigenvalue weighted by Gasteiger charge is -2.21. The molecule has 0 aromatic rings. The number of hydrogen-bond donors (Lipinski definition) is 3. The van der Waals surface area contributed by atoms with Gasteiger partial charge in [-0.1, -0.05) is 20.3 Å². The number of amides is 2. The van der Waals surface area contributed by atoms with E-state index in [9.17, 15) is 9.59 Å². The van der Waals surface area contributed by atoms with Crippen LogP contribution in [0.2, 0.25) is 0 Å². The van der Waals surface area contributed by atoms with Crippen LogP contribution in [-0.4, -0.2) is 42.9 Å². The number of carbonyl (C=O) groups excluding carboxylic acids is 1. The van der Waals surface area contributed by atoms with Gasteiger partial charge in [-0.25, -0.2) is 9.59 Å². The van der Waals surface area contributed by atoms with Crippen molar-refractivity contribution < 1.29 is 19.4 Å². The molecule has 0 saturated carbocycles. The zero-order valence-electron chi connectivity index (χ0n) is 10.8. The van der Waals surface area contributed by atoms with Crippen LogP contribution in [0.15, 0.2) is 0 Å². The number of aliphatic carboxylic acids is 1. The maximum absolute atomic E-state index is 11.5. The van der Waals surface area contributed by atoms with Crippen LogP contribution in [-0.2, 0) is 9.53 Å². The van der Waals surface area contributed by atoms with Gasteiger partial charge in [-0.2, -0.15) is 0 Å². The summed E-state index contributed by atoms with van der Waals surface area (Å²) in [6, 6.07) is -1.51. The second kappa shape index (κ2) is 7.89. The highest BCUT2D eigenvalue weighted by Gasteiger charge is 2.25. The van der Waals surface area contributed by atoms with Gasteiger partial charge in [-0.05, 0) is 12.8 Å². The zero-order chi connectivity index (χ0) is 13.4. The molecule has 3 atom stereocenters. The maximum Gasteiger partial charge on any atom is 0.326 e. The predicted molar refractivity (Wildman–Crippen MR) is 63.9 cm³/mol. The van der Waals surface area contributed by atoms with Crippen LogP contribution < -0.4 is 10.6 Å². The van der Waals surface area contributed by atoms with E-state index in [1.54, 1.807) is 13.8 Å². The van der Waals surface area contributed by atoms with Crippen LogP contribution in [0.3, 0.4) is 0 Å². The number of carboxylic acid groups (broad SMARTS) is 1. The molecule has 3 unspecified atom stereocenters. The second-order valence-corrected chi connectivity index (χ2v) is 4.18. The summed E-state index contributed by atoms with van der Waals surface area (Å²) in [6.45, 7) is 5.84. The van der Waals surface area contributed by atoms with E-state index in [2.05, 4.69) is 10.6 Å². The van der Waals surface area contributed by atoms with Gasteiger partial charge >= 0.3 is 12.0 Å². The number of carbonyl (C=O) groups is 2. The Hall–Kier alpha value is -1.30. The van der Waals surface area contributed by atoms with Crippen molar-refractivity contribution in [1.82, 2.24) is 10.6 Å². The van der Waals surface area contributed by atoms with E-state index in [1.807, 2.05) is 6.92 Å². The summed E-state index contributed by atoms with van der Waals surface area (Å²) < 4.78 is 4.87. The molecule has 3 N–H and O–H groups in total. The normalized spacial score (nSPS) is 15.8. The van der Waals surface area contributed by atoms with Gasteiger partial charge in [0.05, 0.1) is 12.6 Å². The van der Waals surface area contributed by atoms with Crippen molar-refractivity contribution in [3.05, 3.63) is 0 Å². The minimum Gasteiger partial charge on any atom is -0.480 e. The third-order valence-corrected chi connectivity index (χ3v) is 2.56. The van der Waals surface area contributed by atoms with Gasteiger partial charge in [0.2, 0.25) is 0 Å². The minimum absolute atomic E-state index is 0.115. The predicted octanol–water partition coefficient (Wildman–Crippen LogP) is 0.820. The third-order valence-electron chi connectivity index (χ3n) is 2.56. The Bertz CT molecular complexity index is 258. The van der Waals surface area contributed by atoms with E-state index in [4.69, 9.17) is 9.84 Å². The molecule has 0 saturated heterocycles. The quantitative estimate of drug-likeness (QED) is 0.620. The van der Waals surface area contributed by atoms with Gasteiger partial charge in [-0.3, -0.25) is 0 Å². The molecule has 0 aliphatic rings. The van der Waals surface area contributed by atoms with Crippen LogP contribution in [0.25, 0.3) is 0 Å². The molecule has 0 aliphatic heterocycles. The van der Waals surface area contributed by atoms with Crippen LogP contribution in [0.1, 0.15) is 27.2 Å². The van der Waals surface area contributed by atoms with Gasteiger partial charge in [0.15, 0.2) is 0 Å². The van der Waals surface area contributed by atoms with E-state index < -0.39 is 18.0 Å². The Morgan fingerprint density at radius 3 is 2.29 bits per heavy atom. The SMILES string of the molecule is CCC(C)C(NC(=O)NC(C)COC)C(=O)O. The Labute approximate surface area is 102 Å². The Morgan fingerprint density at radius 1 is 1.29 bits per heavy atom. The molecule has 0 aromatic heterocycles. The Morgan fingerprint density at radius 2 is 1.88 bits per heavy atom. The molecule has 0 rings (SSSR count). The van der Waals surface area contributed by atoms with E-state index in [0.29, 0.717) is 13.0 Å². The first-order valence-corrected chi connectivity index (χ1v) is 5.71. The van der Waals surface area contributed by atoms with Crippen LogP contribution in [0.5, 0.6) is 0 Å². The highest BCUT2D eigenvalue weighted by Crippen LogP contribution is 2.07. The molecule has 0 fully saturated rings. The summed E-state index contributed by atoms with van der Waals surface area (Å²) in [4.78, 5) is 22.5. The first-order valence-electron chi connectivity index (χ1n) is 5.71. The molecular weight excluding hydrogens is 224 g/mol. The zero-order valence-corrected chi connectivity index (χ0v) is 10.8. The Kier molecular flexibility index (Phi) is 7.29. The van der Waals surface area contributed by atoms with Crippen molar-refractivity contribution in [1.29, 1.82) is 0 Å². The minimum atomic E-state index is -1.02. The first-order chi connectivity index (χ1) is 7.92. The lowest BCUT2D eigenvalue weighted by molar-refractivity contribution is -0.140. The molecule has 6 heteroatoms. The number of hydrogen-bond acceptors (Lipinski definition) is 3. The smallest absolute Gasteiger partial charge is 0.326 e. The summed E-state index contributed by atoms with van der Waals surface area (Å²) in [5.41, 5.74) is 0. The number of methoxy groups -OCH3 is 1. The first kappa shape index (κ1) is 15.7. The number of nitrogens with one attached hydrogen (secondary N) is 2. The van der Waals surface area contributed by atoms with Crippen molar-refractivity contribution in [3.63, 3.8) is 0 Å². The van der Waals surface area contributed by atoms with Crippen LogP contribution in [0.4, 0.5) is 4.79 Å². The molecule has 2 amide bonds. The van der Waals surface area contributed by atoms with Crippen LogP contribution in [0, 0.1) is 5.92 Å². The third kappa shape index (κ3) is 6.11. The Balaban J connectivity index is 4.27.